The fourth-order valence-electron chi connectivity index (χ4n) is 2.06. The highest BCUT2D eigenvalue weighted by atomic mass is 35.5. The van der Waals surface area contributed by atoms with E-state index in [1.54, 1.807) is 0 Å². The average molecular weight is 278 g/mol. The minimum absolute atomic E-state index is 0. The van der Waals surface area contributed by atoms with Gasteiger partial charge in [-0.3, -0.25) is 0 Å². The molecular formula is C15H16ClNO2. The molecule has 4 heteroatoms. The Balaban J connectivity index is 0.00000133. The maximum Gasteiger partial charge on any atom is 0.161 e. The zero-order valence-electron chi connectivity index (χ0n) is 10.5. The van der Waals surface area contributed by atoms with Crippen LogP contribution in [0.25, 0.3) is 11.1 Å². The van der Waals surface area contributed by atoms with Crippen LogP contribution in [0.15, 0.2) is 42.5 Å². The second kappa shape index (κ2) is 5.95. The normalized spacial score (nSPS) is 12.7. The SMILES string of the molecule is Cl.NCc1ccc(-c2ccc3c(c2)OCCO3)cc1. The van der Waals surface area contributed by atoms with Crippen molar-refractivity contribution in [3.8, 4) is 22.6 Å². The van der Waals surface area contributed by atoms with E-state index in [0.29, 0.717) is 19.8 Å². The Labute approximate surface area is 118 Å². The molecule has 2 aromatic carbocycles. The van der Waals surface area contributed by atoms with E-state index in [0.717, 1.165) is 28.2 Å². The van der Waals surface area contributed by atoms with Gasteiger partial charge in [-0.25, -0.2) is 0 Å². The summed E-state index contributed by atoms with van der Waals surface area (Å²) in [7, 11) is 0. The van der Waals surface area contributed by atoms with E-state index < -0.39 is 0 Å². The molecule has 0 unspecified atom stereocenters. The van der Waals surface area contributed by atoms with Crippen molar-refractivity contribution in [2.45, 2.75) is 6.54 Å². The predicted octanol–water partition coefficient (Wildman–Crippen LogP) is 3.01. The number of hydrogen-bond acceptors (Lipinski definition) is 3. The third-order valence-electron chi connectivity index (χ3n) is 3.07. The minimum atomic E-state index is 0. The summed E-state index contributed by atoms with van der Waals surface area (Å²) in [6.45, 7) is 1.81. The first-order valence-corrected chi connectivity index (χ1v) is 6.06. The first-order chi connectivity index (χ1) is 8.86. The summed E-state index contributed by atoms with van der Waals surface area (Å²) < 4.78 is 11.1. The molecule has 0 saturated heterocycles. The summed E-state index contributed by atoms with van der Waals surface area (Å²) in [4.78, 5) is 0. The fourth-order valence-corrected chi connectivity index (χ4v) is 2.06. The van der Waals surface area contributed by atoms with Crippen molar-refractivity contribution in [2.75, 3.05) is 13.2 Å². The Bertz CT molecular complexity index is 555. The third kappa shape index (κ3) is 2.83. The van der Waals surface area contributed by atoms with Gasteiger partial charge in [0.1, 0.15) is 13.2 Å². The van der Waals surface area contributed by atoms with Gasteiger partial charge in [-0.1, -0.05) is 30.3 Å². The highest BCUT2D eigenvalue weighted by Crippen LogP contribution is 2.34. The molecular weight excluding hydrogens is 262 g/mol. The quantitative estimate of drug-likeness (QED) is 0.918. The summed E-state index contributed by atoms with van der Waals surface area (Å²) in [5.41, 5.74) is 9.01. The lowest BCUT2D eigenvalue weighted by atomic mass is 10.0. The maximum atomic E-state index is 5.59. The van der Waals surface area contributed by atoms with Crippen molar-refractivity contribution in [2.24, 2.45) is 5.73 Å². The van der Waals surface area contributed by atoms with Crippen LogP contribution in [-0.4, -0.2) is 13.2 Å². The van der Waals surface area contributed by atoms with E-state index in [1.807, 2.05) is 30.3 Å². The summed E-state index contributed by atoms with van der Waals surface area (Å²) >= 11 is 0. The molecule has 3 rings (SSSR count). The lowest BCUT2D eigenvalue weighted by Gasteiger charge is -2.19. The van der Waals surface area contributed by atoms with Gasteiger partial charge in [0.25, 0.3) is 0 Å². The van der Waals surface area contributed by atoms with Crippen LogP contribution >= 0.6 is 12.4 Å². The molecule has 2 aromatic rings. The maximum absolute atomic E-state index is 5.59. The molecule has 0 atom stereocenters. The first kappa shape index (κ1) is 13.7. The highest BCUT2D eigenvalue weighted by Gasteiger charge is 2.12. The van der Waals surface area contributed by atoms with Crippen molar-refractivity contribution in [1.29, 1.82) is 0 Å². The van der Waals surface area contributed by atoms with Crippen molar-refractivity contribution in [3.63, 3.8) is 0 Å². The van der Waals surface area contributed by atoms with E-state index in [2.05, 4.69) is 12.1 Å². The third-order valence-corrected chi connectivity index (χ3v) is 3.07. The summed E-state index contributed by atoms with van der Waals surface area (Å²) in [5.74, 6) is 1.64. The van der Waals surface area contributed by atoms with Crippen LogP contribution in [0.5, 0.6) is 11.5 Å². The van der Waals surface area contributed by atoms with Gasteiger partial charge in [0.2, 0.25) is 0 Å². The van der Waals surface area contributed by atoms with E-state index in [9.17, 15) is 0 Å². The van der Waals surface area contributed by atoms with E-state index in [4.69, 9.17) is 15.2 Å². The fraction of sp³-hybridized carbons (Fsp3) is 0.200. The monoisotopic (exact) mass is 277 g/mol. The smallest absolute Gasteiger partial charge is 0.161 e. The Morgan fingerprint density at radius 3 is 2.16 bits per heavy atom. The number of fused-ring (bicyclic) bond motifs is 1. The Morgan fingerprint density at radius 2 is 1.47 bits per heavy atom. The van der Waals surface area contributed by atoms with Gasteiger partial charge in [0, 0.05) is 6.54 Å². The number of rotatable bonds is 2. The molecule has 0 fully saturated rings. The average Bonchev–Trinajstić information content (AvgIpc) is 2.47. The number of nitrogens with two attached hydrogens (primary N) is 1. The standard InChI is InChI=1S/C15H15NO2.ClH/c16-10-11-1-3-12(4-2-11)13-5-6-14-15(9-13)18-8-7-17-14;/h1-6,9H,7-8,10,16H2;1H. The molecule has 3 nitrogen and oxygen atoms in total. The molecule has 0 radical (unpaired) electrons. The highest BCUT2D eigenvalue weighted by molar-refractivity contribution is 5.85. The van der Waals surface area contributed by atoms with E-state index >= 15 is 0 Å². The van der Waals surface area contributed by atoms with Crippen LogP contribution in [0.3, 0.4) is 0 Å². The molecule has 0 aromatic heterocycles. The molecule has 0 spiro atoms. The topological polar surface area (TPSA) is 44.5 Å². The zero-order valence-corrected chi connectivity index (χ0v) is 11.3. The molecule has 1 heterocycles. The molecule has 0 aliphatic carbocycles. The number of halogens is 1. The van der Waals surface area contributed by atoms with E-state index in [-0.39, 0.29) is 12.4 Å². The molecule has 0 saturated carbocycles. The van der Waals surface area contributed by atoms with E-state index in [1.165, 1.54) is 0 Å². The van der Waals surface area contributed by atoms with Crippen LogP contribution in [0.1, 0.15) is 5.56 Å². The number of ether oxygens (including phenoxy) is 2. The molecule has 100 valence electrons. The summed E-state index contributed by atoms with van der Waals surface area (Å²) in [6, 6.07) is 14.3. The van der Waals surface area contributed by atoms with Gasteiger partial charge in [-0.05, 0) is 28.8 Å². The van der Waals surface area contributed by atoms with Gasteiger partial charge in [-0.2, -0.15) is 0 Å². The largest absolute Gasteiger partial charge is 0.486 e. The lowest BCUT2D eigenvalue weighted by molar-refractivity contribution is 0.171. The molecule has 0 amide bonds. The summed E-state index contributed by atoms with van der Waals surface area (Å²) in [6.07, 6.45) is 0. The van der Waals surface area contributed by atoms with Gasteiger partial charge < -0.3 is 15.2 Å². The molecule has 1 aliphatic heterocycles. The second-order valence-corrected chi connectivity index (χ2v) is 4.26. The number of hydrogen-bond donors (Lipinski definition) is 1. The van der Waals surface area contributed by atoms with Crippen LogP contribution in [0, 0.1) is 0 Å². The molecule has 1 aliphatic rings. The molecule has 0 bridgehead atoms. The zero-order chi connectivity index (χ0) is 12.4. The van der Waals surface area contributed by atoms with Crippen LogP contribution < -0.4 is 15.2 Å². The van der Waals surface area contributed by atoms with Crippen molar-refractivity contribution >= 4 is 12.4 Å². The lowest BCUT2D eigenvalue weighted by Crippen LogP contribution is -2.15. The number of benzene rings is 2. The Hall–Kier alpha value is -1.71. The predicted molar refractivity (Wildman–Crippen MR) is 78.0 cm³/mol. The van der Waals surface area contributed by atoms with Gasteiger partial charge in [-0.15, -0.1) is 12.4 Å². The Kier molecular flexibility index (Phi) is 4.30. The molecule has 19 heavy (non-hydrogen) atoms. The Morgan fingerprint density at radius 1 is 0.842 bits per heavy atom. The van der Waals surface area contributed by atoms with Crippen LogP contribution in [-0.2, 0) is 6.54 Å². The first-order valence-electron chi connectivity index (χ1n) is 6.06. The van der Waals surface area contributed by atoms with Gasteiger partial charge in [0.05, 0.1) is 0 Å². The second-order valence-electron chi connectivity index (χ2n) is 4.26. The summed E-state index contributed by atoms with van der Waals surface area (Å²) in [5, 5.41) is 0. The minimum Gasteiger partial charge on any atom is -0.486 e. The van der Waals surface area contributed by atoms with Crippen molar-refractivity contribution < 1.29 is 9.47 Å². The van der Waals surface area contributed by atoms with Crippen LogP contribution in [0.4, 0.5) is 0 Å². The van der Waals surface area contributed by atoms with Gasteiger partial charge >= 0.3 is 0 Å². The van der Waals surface area contributed by atoms with Crippen LogP contribution in [0.2, 0.25) is 0 Å². The van der Waals surface area contributed by atoms with Crippen molar-refractivity contribution in [3.05, 3.63) is 48.0 Å². The van der Waals surface area contributed by atoms with Gasteiger partial charge in [0.15, 0.2) is 11.5 Å². The van der Waals surface area contributed by atoms with Crippen molar-refractivity contribution in [1.82, 2.24) is 0 Å². The molecule has 2 N–H and O–H groups in total.